The maximum atomic E-state index is 13.6. The van der Waals surface area contributed by atoms with E-state index in [1.54, 1.807) is 18.2 Å². The topological polar surface area (TPSA) is 81.5 Å². The van der Waals surface area contributed by atoms with Gasteiger partial charge in [-0.2, -0.15) is 0 Å². The van der Waals surface area contributed by atoms with E-state index in [1.165, 1.54) is 0 Å². The minimum Gasteiger partial charge on any atom is -0.493 e. The molecule has 0 spiro atoms. The molecule has 1 N–H and O–H groups in total. The van der Waals surface area contributed by atoms with Crippen molar-refractivity contribution >= 4 is 28.9 Å². The first-order valence-corrected chi connectivity index (χ1v) is 7.87. The van der Waals surface area contributed by atoms with Crippen LogP contribution in [-0.4, -0.2) is 17.4 Å². The summed E-state index contributed by atoms with van der Waals surface area (Å²) in [4.78, 5) is 21.9. The van der Waals surface area contributed by atoms with Crippen LogP contribution < -0.4 is 10.1 Å². The van der Waals surface area contributed by atoms with Crippen molar-refractivity contribution in [3.63, 3.8) is 0 Å². The molecule has 1 amide bonds. The van der Waals surface area contributed by atoms with Crippen LogP contribution in [-0.2, 0) is 4.79 Å². The number of nitro benzene ring substituents is 1. The first-order valence-electron chi connectivity index (χ1n) is 7.49. The Morgan fingerprint density at radius 2 is 2.08 bits per heavy atom. The molecule has 2 aromatic rings. The van der Waals surface area contributed by atoms with E-state index in [-0.39, 0.29) is 17.8 Å². The Kier molecular flexibility index (Phi) is 6.30. The molecule has 0 aliphatic carbocycles. The molecule has 0 aliphatic heterocycles. The normalized spacial score (nSPS) is 10.4. The molecule has 0 fully saturated rings. The van der Waals surface area contributed by atoms with Crippen LogP contribution in [0, 0.1) is 22.9 Å². The number of halogens is 2. The molecule has 6 nitrogen and oxygen atoms in total. The monoisotopic (exact) mass is 366 g/mol. The van der Waals surface area contributed by atoms with Crippen molar-refractivity contribution in [2.24, 2.45) is 0 Å². The van der Waals surface area contributed by atoms with Crippen molar-refractivity contribution in [1.82, 2.24) is 0 Å². The highest BCUT2D eigenvalue weighted by atomic mass is 35.5. The summed E-state index contributed by atoms with van der Waals surface area (Å²) >= 11 is 5.86. The molecule has 0 saturated carbocycles. The third-order valence-corrected chi connectivity index (χ3v) is 3.61. The molecule has 2 rings (SSSR count). The zero-order chi connectivity index (χ0) is 18.4. The summed E-state index contributed by atoms with van der Waals surface area (Å²) in [6.45, 7) is 2.16. The van der Waals surface area contributed by atoms with Gasteiger partial charge in [-0.25, -0.2) is 4.39 Å². The molecular formula is C17H16ClFN2O4. The minimum atomic E-state index is -0.730. The van der Waals surface area contributed by atoms with E-state index in [4.69, 9.17) is 16.3 Å². The number of carbonyl (C=O) groups is 1. The first-order chi connectivity index (χ1) is 11.9. The van der Waals surface area contributed by atoms with E-state index < -0.39 is 16.6 Å². The van der Waals surface area contributed by atoms with Crippen molar-refractivity contribution in [3.8, 4) is 5.75 Å². The number of nitro groups is 1. The van der Waals surface area contributed by atoms with E-state index in [1.807, 2.05) is 6.92 Å². The Morgan fingerprint density at radius 3 is 2.76 bits per heavy atom. The van der Waals surface area contributed by atoms with Crippen LogP contribution in [0.5, 0.6) is 5.75 Å². The van der Waals surface area contributed by atoms with Gasteiger partial charge in [0.15, 0.2) is 0 Å². The smallest absolute Gasteiger partial charge is 0.271 e. The number of amides is 1. The van der Waals surface area contributed by atoms with Crippen LogP contribution in [0.15, 0.2) is 36.4 Å². The van der Waals surface area contributed by atoms with Gasteiger partial charge in [-0.1, -0.05) is 11.6 Å². The van der Waals surface area contributed by atoms with E-state index in [0.29, 0.717) is 23.8 Å². The fourth-order valence-electron chi connectivity index (χ4n) is 2.12. The molecule has 0 unspecified atom stereocenters. The van der Waals surface area contributed by atoms with Crippen molar-refractivity contribution < 1.29 is 18.8 Å². The highest BCUT2D eigenvalue weighted by Crippen LogP contribution is 2.23. The quantitative estimate of drug-likeness (QED) is 0.444. The summed E-state index contributed by atoms with van der Waals surface area (Å²) in [5.74, 6) is -0.502. The molecule has 8 heteroatoms. The van der Waals surface area contributed by atoms with Crippen LogP contribution in [0.3, 0.4) is 0 Å². The Bertz CT molecular complexity index is 798. The standard InChI is InChI=1S/C17H16ClFN2O4/c1-11-9-12(18)4-7-16(11)25-8-2-3-17(22)20-15-10-13(21(23)24)5-6-14(15)19/h4-7,9-10H,2-3,8H2,1H3,(H,20,22). The highest BCUT2D eigenvalue weighted by Gasteiger charge is 2.13. The molecule has 0 aromatic heterocycles. The van der Waals surface area contributed by atoms with Crippen molar-refractivity contribution in [1.29, 1.82) is 0 Å². The van der Waals surface area contributed by atoms with Gasteiger partial charge in [0.05, 0.1) is 17.2 Å². The Morgan fingerprint density at radius 1 is 1.32 bits per heavy atom. The van der Waals surface area contributed by atoms with Crippen LogP contribution >= 0.6 is 11.6 Å². The molecule has 132 valence electrons. The average molecular weight is 367 g/mol. The van der Waals surface area contributed by atoms with Crippen molar-refractivity contribution in [3.05, 3.63) is 62.9 Å². The zero-order valence-electron chi connectivity index (χ0n) is 13.4. The van der Waals surface area contributed by atoms with Crippen molar-refractivity contribution in [2.75, 3.05) is 11.9 Å². The molecule has 25 heavy (non-hydrogen) atoms. The third kappa shape index (κ3) is 5.42. The summed E-state index contributed by atoms with van der Waals surface area (Å²) in [6.07, 6.45) is 0.499. The van der Waals surface area contributed by atoms with Gasteiger partial charge < -0.3 is 10.1 Å². The number of hydrogen-bond acceptors (Lipinski definition) is 4. The molecule has 0 atom stereocenters. The lowest BCUT2D eigenvalue weighted by atomic mass is 10.2. The van der Waals surface area contributed by atoms with Gasteiger partial charge in [-0.3, -0.25) is 14.9 Å². The number of hydrogen-bond donors (Lipinski definition) is 1. The second kappa shape index (κ2) is 8.43. The summed E-state index contributed by atoms with van der Waals surface area (Å²) in [5, 5.41) is 13.6. The van der Waals surface area contributed by atoms with Crippen LogP contribution in [0.2, 0.25) is 5.02 Å². The van der Waals surface area contributed by atoms with Gasteiger partial charge in [-0.15, -0.1) is 0 Å². The largest absolute Gasteiger partial charge is 0.493 e. The summed E-state index contributed by atoms with van der Waals surface area (Å²) in [6, 6.07) is 8.20. The number of anilines is 1. The van der Waals surface area contributed by atoms with E-state index in [0.717, 1.165) is 23.8 Å². The number of rotatable bonds is 7. The second-order valence-corrected chi connectivity index (χ2v) is 5.77. The summed E-state index contributed by atoms with van der Waals surface area (Å²) in [5.41, 5.74) is 0.377. The zero-order valence-corrected chi connectivity index (χ0v) is 14.2. The van der Waals surface area contributed by atoms with Gasteiger partial charge in [0, 0.05) is 23.6 Å². The van der Waals surface area contributed by atoms with Crippen molar-refractivity contribution in [2.45, 2.75) is 19.8 Å². The van der Waals surface area contributed by atoms with E-state index in [9.17, 15) is 19.3 Å². The van der Waals surface area contributed by atoms with Gasteiger partial charge >= 0.3 is 0 Å². The number of nitrogens with one attached hydrogen (secondary N) is 1. The summed E-state index contributed by atoms with van der Waals surface area (Å²) < 4.78 is 19.2. The molecule has 0 radical (unpaired) electrons. The maximum absolute atomic E-state index is 13.6. The maximum Gasteiger partial charge on any atom is 0.271 e. The molecule has 2 aromatic carbocycles. The van der Waals surface area contributed by atoms with Gasteiger partial charge in [0.25, 0.3) is 5.69 Å². The summed E-state index contributed by atoms with van der Waals surface area (Å²) in [7, 11) is 0. The minimum absolute atomic E-state index is 0.0920. The van der Waals surface area contributed by atoms with Crippen LogP contribution in [0.1, 0.15) is 18.4 Å². The number of ether oxygens (including phenoxy) is 1. The van der Waals surface area contributed by atoms with E-state index in [2.05, 4.69) is 5.32 Å². The van der Waals surface area contributed by atoms with Crippen LogP contribution in [0.25, 0.3) is 0 Å². The van der Waals surface area contributed by atoms with Gasteiger partial charge in [0.1, 0.15) is 11.6 Å². The predicted molar refractivity (Wildman–Crippen MR) is 92.6 cm³/mol. The fourth-order valence-corrected chi connectivity index (χ4v) is 2.35. The van der Waals surface area contributed by atoms with Gasteiger partial charge in [-0.05, 0) is 43.2 Å². The lowest BCUT2D eigenvalue weighted by Gasteiger charge is -2.10. The SMILES string of the molecule is Cc1cc(Cl)ccc1OCCCC(=O)Nc1cc([N+](=O)[O-])ccc1F. The number of carbonyl (C=O) groups excluding carboxylic acids is 1. The Labute approximate surface area is 148 Å². The molecule has 0 bridgehead atoms. The number of nitrogens with zero attached hydrogens (tertiary/aromatic N) is 1. The van der Waals surface area contributed by atoms with Gasteiger partial charge in [0.2, 0.25) is 5.91 Å². The third-order valence-electron chi connectivity index (χ3n) is 3.38. The number of non-ortho nitro benzene ring substituents is 1. The number of aryl methyl sites for hydroxylation is 1. The lowest BCUT2D eigenvalue weighted by molar-refractivity contribution is -0.384. The molecule has 0 saturated heterocycles. The lowest BCUT2D eigenvalue weighted by Crippen LogP contribution is -2.14. The first kappa shape index (κ1) is 18.7. The van der Waals surface area contributed by atoms with Crippen LogP contribution in [0.4, 0.5) is 15.8 Å². The average Bonchev–Trinajstić information content (AvgIpc) is 2.55. The Balaban J connectivity index is 1.83. The predicted octanol–water partition coefficient (Wildman–Crippen LogP) is 4.49. The fraction of sp³-hybridized carbons (Fsp3) is 0.235. The molecule has 0 aliphatic rings. The Hall–Kier alpha value is -2.67. The van der Waals surface area contributed by atoms with E-state index >= 15 is 0 Å². The number of benzene rings is 2. The molecule has 0 heterocycles. The second-order valence-electron chi connectivity index (χ2n) is 5.33. The highest BCUT2D eigenvalue weighted by molar-refractivity contribution is 6.30. The molecular weight excluding hydrogens is 351 g/mol.